The predicted molar refractivity (Wildman–Crippen MR) is 231 cm³/mol. The van der Waals surface area contributed by atoms with Crippen molar-refractivity contribution < 1.29 is 72.7 Å². The Bertz CT molecular complexity index is 1320. The molecule has 0 spiro atoms. The molecule has 0 saturated carbocycles. The average Bonchev–Trinajstić information content (AvgIpc) is 3.06. The monoisotopic (exact) mass is 1290 g/mol. The number of anilines is 2. The van der Waals surface area contributed by atoms with E-state index in [1.165, 1.54) is 35.3 Å². The minimum atomic E-state index is 0. The van der Waals surface area contributed by atoms with Gasteiger partial charge in [0.25, 0.3) is 0 Å². The Labute approximate surface area is 393 Å². The van der Waals surface area contributed by atoms with Gasteiger partial charge < -0.3 is 52.8 Å². The Kier molecular flexibility index (Phi) is 30.6. The Balaban J connectivity index is -0.000000657. The Morgan fingerprint density at radius 1 is 0.509 bits per heavy atom. The summed E-state index contributed by atoms with van der Waals surface area (Å²) in [5.74, 6) is 5.97. The van der Waals surface area contributed by atoms with E-state index < -0.39 is 0 Å². The summed E-state index contributed by atoms with van der Waals surface area (Å²) in [7, 11) is 0. The molecule has 0 fully saturated rings. The normalized spacial score (nSPS) is 13.5. The van der Waals surface area contributed by atoms with Crippen LogP contribution in [0.2, 0.25) is 0 Å². The fourth-order valence-electron chi connectivity index (χ4n) is 4.62. The molecule has 3 aliphatic rings. The number of nitrogens with zero attached hydrogens (tertiary/aromatic N) is 3. The largest absolute Gasteiger partial charge is 2.00 e. The summed E-state index contributed by atoms with van der Waals surface area (Å²) in [6.45, 7) is 41.6. The van der Waals surface area contributed by atoms with Crippen LogP contribution in [-0.4, -0.2) is 41.3 Å². The molecule has 7 nitrogen and oxygen atoms in total. The van der Waals surface area contributed by atoms with E-state index in [4.69, 9.17) is 9.47 Å². The molecule has 0 amide bonds. The summed E-state index contributed by atoms with van der Waals surface area (Å²) < 4.78 is 11.0. The summed E-state index contributed by atoms with van der Waals surface area (Å²) >= 11 is 0. The molecule has 57 heavy (non-hydrogen) atoms. The number of fused-ring (bicyclic) bond motifs is 3. The molecular formula is C47H75N5O2W3. The van der Waals surface area contributed by atoms with Crippen molar-refractivity contribution in [3.05, 3.63) is 82.8 Å². The van der Waals surface area contributed by atoms with Crippen LogP contribution in [0.5, 0.6) is 11.5 Å². The molecule has 0 radical (unpaired) electrons. The van der Waals surface area contributed by atoms with Crippen molar-refractivity contribution in [1.82, 2.24) is 15.0 Å². The third kappa shape index (κ3) is 25.8. The van der Waals surface area contributed by atoms with E-state index in [-0.39, 0.29) is 79.4 Å². The predicted octanol–water partition coefficient (Wildman–Crippen LogP) is 11.9. The smallest absolute Gasteiger partial charge is 0.547 e. The Morgan fingerprint density at radius 2 is 0.912 bits per heavy atom. The molecule has 0 atom stereocenters. The second-order valence-electron chi connectivity index (χ2n) is 18.8. The molecule has 318 valence electrons. The van der Waals surface area contributed by atoms with E-state index in [0.29, 0.717) is 6.61 Å². The Morgan fingerprint density at radius 3 is 1.40 bits per heavy atom. The van der Waals surface area contributed by atoms with Gasteiger partial charge in [0.1, 0.15) is 0 Å². The van der Waals surface area contributed by atoms with Crippen LogP contribution in [0.25, 0.3) is 0 Å². The van der Waals surface area contributed by atoms with Crippen LogP contribution in [0.4, 0.5) is 11.4 Å². The van der Waals surface area contributed by atoms with Gasteiger partial charge in [0.05, 0.1) is 13.2 Å². The number of aryl methyl sites for hydroxylation is 2. The summed E-state index contributed by atoms with van der Waals surface area (Å²) in [5, 5.41) is 6.52. The van der Waals surface area contributed by atoms with Crippen molar-refractivity contribution in [2.75, 3.05) is 36.9 Å². The SMILES string of the molecule is CC(C)(C)c1cc2c([c-]n1)NCCC2.CC(C)(C)c1cc2c([c-]n1)NCCO2.CC(C)(C)c1cc2c([c-]n1)OCCC2.C[C-](C)C.C[C-](C)C.C[C-](C)C.[W+2].[W+2].[W+2]. The maximum absolute atomic E-state index is 5.53. The van der Waals surface area contributed by atoms with E-state index >= 15 is 0 Å². The van der Waals surface area contributed by atoms with Crippen LogP contribution in [-0.2, 0) is 92.3 Å². The van der Waals surface area contributed by atoms with Gasteiger partial charge in [-0.1, -0.05) is 110 Å². The molecular weight excluding hydrogens is 1220 g/mol. The number of ether oxygens (including phenoxy) is 2. The van der Waals surface area contributed by atoms with Gasteiger partial charge >= 0.3 is 63.2 Å². The zero-order chi connectivity index (χ0) is 41.3. The van der Waals surface area contributed by atoms with Crippen LogP contribution in [0.3, 0.4) is 0 Å². The van der Waals surface area contributed by atoms with E-state index in [0.717, 1.165) is 78.9 Å². The molecule has 0 aromatic carbocycles. The van der Waals surface area contributed by atoms with Crippen molar-refractivity contribution in [2.24, 2.45) is 0 Å². The first-order valence-corrected chi connectivity index (χ1v) is 19.7. The second kappa shape index (κ2) is 29.1. The number of pyridine rings is 3. The average molecular weight is 1290 g/mol. The third-order valence-corrected chi connectivity index (χ3v) is 7.33. The van der Waals surface area contributed by atoms with E-state index in [9.17, 15) is 0 Å². The maximum atomic E-state index is 5.53. The molecule has 3 aromatic rings. The zero-order valence-corrected chi connectivity index (χ0v) is 47.6. The number of hydrogen-bond donors (Lipinski definition) is 2. The summed E-state index contributed by atoms with van der Waals surface area (Å²) in [4.78, 5) is 13.0. The Hall–Kier alpha value is -1.29. The summed E-state index contributed by atoms with van der Waals surface area (Å²) in [6, 6.07) is 6.38. The number of aromatic nitrogens is 3. The molecule has 0 aliphatic carbocycles. The van der Waals surface area contributed by atoms with Crippen LogP contribution in [0, 0.1) is 36.3 Å². The van der Waals surface area contributed by atoms with Crippen molar-refractivity contribution in [3.8, 4) is 11.5 Å². The molecule has 3 aromatic heterocycles. The fourth-order valence-corrected chi connectivity index (χ4v) is 4.62. The van der Waals surface area contributed by atoms with Gasteiger partial charge in [0, 0.05) is 24.6 Å². The van der Waals surface area contributed by atoms with Crippen molar-refractivity contribution >= 4 is 11.4 Å². The molecule has 6 rings (SSSR count). The van der Waals surface area contributed by atoms with Gasteiger partial charge in [-0.15, -0.1) is 29.3 Å². The molecule has 0 bridgehead atoms. The van der Waals surface area contributed by atoms with E-state index in [2.05, 4.69) is 181 Å². The number of rotatable bonds is 0. The first-order chi connectivity index (χ1) is 24.9. The minimum absolute atomic E-state index is 0. The van der Waals surface area contributed by atoms with Gasteiger partial charge in [-0.05, 0) is 41.0 Å². The first kappa shape index (κ1) is 60.0. The van der Waals surface area contributed by atoms with Gasteiger partial charge in [-0.25, -0.2) is 0 Å². The van der Waals surface area contributed by atoms with Gasteiger partial charge in [-0.2, -0.15) is 62.3 Å². The molecule has 10 heteroatoms. The van der Waals surface area contributed by atoms with Gasteiger partial charge in [0.15, 0.2) is 0 Å². The number of hydrogen-bond acceptors (Lipinski definition) is 7. The van der Waals surface area contributed by atoms with Crippen LogP contribution < -0.4 is 20.1 Å². The van der Waals surface area contributed by atoms with Crippen LogP contribution >= 0.6 is 0 Å². The molecule has 0 saturated heterocycles. The first-order valence-electron chi connectivity index (χ1n) is 19.7. The third-order valence-electron chi connectivity index (χ3n) is 7.33. The van der Waals surface area contributed by atoms with Crippen molar-refractivity contribution in [3.63, 3.8) is 0 Å². The van der Waals surface area contributed by atoms with Gasteiger partial charge in [-0.3, -0.25) is 0 Å². The summed E-state index contributed by atoms with van der Waals surface area (Å²) in [5.41, 5.74) is 8.14. The van der Waals surface area contributed by atoms with Gasteiger partial charge in [0.2, 0.25) is 0 Å². The quantitative estimate of drug-likeness (QED) is 0.217. The zero-order valence-electron chi connectivity index (χ0n) is 38.8. The second-order valence-corrected chi connectivity index (χ2v) is 18.8. The van der Waals surface area contributed by atoms with E-state index in [1.54, 1.807) is 0 Å². The fraction of sp³-hybridized carbons (Fsp3) is 0.617. The molecule has 6 heterocycles. The molecule has 3 aliphatic heterocycles. The maximum Gasteiger partial charge on any atom is 2.00 e. The van der Waals surface area contributed by atoms with Crippen LogP contribution in [0.15, 0.2) is 18.2 Å². The number of nitrogens with one attached hydrogen (secondary N) is 2. The van der Waals surface area contributed by atoms with E-state index in [1.807, 2.05) is 6.07 Å². The van der Waals surface area contributed by atoms with Crippen molar-refractivity contribution in [1.29, 1.82) is 0 Å². The minimum Gasteiger partial charge on any atom is -0.547 e. The van der Waals surface area contributed by atoms with Crippen LogP contribution in [0.1, 0.15) is 166 Å². The standard InChI is InChI=1S/C12H17N2.C12H16NO.C11H15N2O.3C4H9.3W/c1-12(2,3)11-7-9-5-4-6-13-10(9)8-14-11;1-12(2,3)11-7-9-5-4-6-14-10(9)8-13-11;1-11(2,3)10-6-9-8(7-13-10)12-4-5-14-9;3*1-4(2)3;;;/h7,13H,4-6H2,1-3H3;7H,4-6H2,1-3H3;6,12H,4-5H2,1-3H3;3*1-3H3;;;/q6*-1;3*+2. The molecule has 2 N–H and O–H groups in total. The summed E-state index contributed by atoms with van der Waals surface area (Å²) in [6.07, 6.45) is 13.6. The van der Waals surface area contributed by atoms with Crippen molar-refractivity contribution in [2.45, 2.75) is 167 Å². The molecule has 0 unspecified atom stereocenters. The topological polar surface area (TPSA) is 81.2 Å².